The minimum absolute atomic E-state index is 0.0292. The van der Waals surface area contributed by atoms with Gasteiger partial charge in [-0.3, -0.25) is 4.79 Å². The minimum atomic E-state index is -4.49. The van der Waals surface area contributed by atoms with Crippen LogP contribution in [0.2, 0.25) is 5.02 Å². The molecule has 1 N–H and O–H groups in total. The van der Waals surface area contributed by atoms with Crippen LogP contribution >= 0.6 is 11.6 Å². The second-order valence-electron chi connectivity index (χ2n) is 6.12. The van der Waals surface area contributed by atoms with E-state index in [1.807, 2.05) is 6.92 Å². The van der Waals surface area contributed by atoms with E-state index in [9.17, 15) is 18.0 Å². The molecule has 1 atom stereocenters. The first kappa shape index (κ1) is 17.7. The number of rotatable bonds is 4. The lowest BCUT2D eigenvalue weighted by Crippen LogP contribution is -2.32. The summed E-state index contributed by atoms with van der Waals surface area (Å²) in [5.41, 5.74) is -1.13. The second-order valence-corrected chi connectivity index (χ2v) is 6.49. The van der Waals surface area contributed by atoms with E-state index in [4.69, 9.17) is 11.6 Å². The van der Waals surface area contributed by atoms with E-state index in [1.165, 1.54) is 12.6 Å². The SMILES string of the molecule is CC(Nc1cnn(-c2ccc(C(F)(F)F)cn2)c(=O)c1Cl)C1CCC1. The molecule has 1 unspecified atom stereocenters. The monoisotopic (exact) mass is 372 g/mol. The number of hydrogen-bond donors (Lipinski definition) is 1. The fourth-order valence-electron chi connectivity index (χ4n) is 2.68. The summed E-state index contributed by atoms with van der Waals surface area (Å²) in [7, 11) is 0. The van der Waals surface area contributed by atoms with Crippen molar-refractivity contribution in [1.29, 1.82) is 0 Å². The van der Waals surface area contributed by atoms with Crippen molar-refractivity contribution >= 4 is 17.3 Å². The van der Waals surface area contributed by atoms with Gasteiger partial charge in [0.2, 0.25) is 0 Å². The maximum atomic E-state index is 12.6. The van der Waals surface area contributed by atoms with Gasteiger partial charge in [-0.25, -0.2) is 4.98 Å². The molecule has 0 aromatic carbocycles. The molecule has 25 heavy (non-hydrogen) atoms. The summed E-state index contributed by atoms with van der Waals surface area (Å²) >= 11 is 6.12. The minimum Gasteiger partial charge on any atom is -0.380 e. The lowest BCUT2D eigenvalue weighted by Gasteiger charge is -2.32. The van der Waals surface area contributed by atoms with E-state index >= 15 is 0 Å². The number of nitrogens with zero attached hydrogens (tertiary/aromatic N) is 3. The van der Waals surface area contributed by atoms with Crippen LogP contribution in [0.5, 0.6) is 0 Å². The smallest absolute Gasteiger partial charge is 0.380 e. The van der Waals surface area contributed by atoms with Crippen molar-refractivity contribution in [3.05, 3.63) is 45.5 Å². The predicted octanol–water partition coefficient (Wildman–Crippen LogP) is 3.90. The van der Waals surface area contributed by atoms with Crippen molar-refractivity contribution in [1.82, 2.24) is 14.8 Å². The Kier molecular flexibility index (Phi) is 4.73. The molecule has 1 saturated carbocycles. The van der Waals surface area contributed by atoms with Crippen LogP contribution in [0, 0.1) is 5.92 Å². The highest BCUT2D eigenvalue weighted by Crippen LogP contribution is 2.32. The molecule has 0 saturated heterocycles. The van der Waals surface area contributed by atoms with Gasteiger partial charge in [0, 0.05) is 12.2 Å². The molecule has 9 heteroatoms. The Hall–Kier alpha value is -2.09. The summed E-state index contributed by atoms with van der Waals surface area (Å²) in [4.78, 5) is 16.0. The van der Waals surface area contributed by atoms with Gasteiger partial charge >= 0.3 is 6.18 Å². The first-order chi connectivity index (χ1) is 11.8. The molecule has 0 bridgehead atoms. The molecule has 134 valence electrons. The number of alkyl halides is 3. The van der Waals surface area contributed by atoms with Crippen LogP contribution in [-0.2, 0) is 6.18 Å². The zero-order valence-electron chi connectivity index (χ0n) is 13.3. The first-order valence-corrected chi connectivity index (χ1v) is 8.23. The van der Waals surface area contributed by atoms with Gasteiger partial charge < -0.3 is 5.32 Å². The van der Waals surface area contributed by atoms with E-state index in [2.05, 4.69) is 15.4 Å². The van der Waals surface area contributed by atoms with Gasteiger partial charge in [0.15, 0.2) is 5.82 Å². The number of hydrogen-bond acceptors (Lipinski definition) is 4. The molecule has 1 aliphatic carbocycles. The molecule has 2 aromatic heterocycles. The third-order valence-corrected chi connectivity index (χ3v) is 4.82. The standard InChI is InChI=1S/C16H16ClF3N4O/c1-9(10-3-2-4-10)23-12-8-22-24(15(25)14(12)17)13-6-5-11(7-21-13)16(18,19)20/h5-10,23H,2-4H2,1H3. The maximum Gasteiger partial charge on any atom is 0.417 e. The molecule has 2 aromatic rings. The molecule has 5 nitrogen and oxygen atoms in total. The van der Waals surface area contributed by atoms with E-state index < -0.39 is 17.3 Å². The van der Waals surface area contributed by atoms with E-state index in [0.717, 1.165) is 29.7 Å². The van der Waals surface area contributed by atoms with Crippen LogP contribution in [0.15, 0.2) is 29.3 Å². The van der Waals surface area contributed by atoms with E-state index in [-0.39, 0.29) is 16.9 Å². The molecular formula is C16H16ClF3N4O. The fourth-order valence-corrected chi connectivity index (χ4v) is 2.86. The van der Waals surface area contributed by atoms with Gasteiger partial charge in [-0.1, -0.05) is 18.0 Å². The van der Waals surface area contributed by atoms with Crippen molar-refractivity contribution in [2.45, 2.75) is 38.4 Å². The van der Waals surface area contributed by atoms with E-state index in [1.54, 1.807) is 0 Å². The van der Waals surface area contributed by atoms with Crippen LogP contribution in [0.3, 0.4) is 0 Å². The molecule has 0 spiro atoms. The molecule has 0 radical (unpaired) electrons. The van der Waals surface area contributed by atoms with Crippen LogP contribution in [-0.4, -0.2) is 20.8 Å². The zero-order chi connectivity index (χ0) is 18.2. The molecule has 1 aliphatic rings. The zero-order valence-corrected chi connectivity index (χ0v) is 14.1. The molecule has 0 aliphatic heterocycles. The molecule has 1 fully saturated rings. The molecule has 0 amide bonds. The van der Waals surface area contributed by atoms with Crippen molar-refractivity contribution < 1.29 is 13.2 Å². The lowest BCUT2D eigenvalue weighted by atomic mass is 9.80. The van der Waals surface area contributed by atoms with Gasteiger partial charge in [-0.05, 0) is 37.8 Å². The van der Waals surface area contributed by atoms with Crippen LogP contribution in [0.1, 0.15) is 31.7 Å². The Bertz CT molecular complexity index is 816. The van der Waals surface area contributed by atoms with Crippen LogP contribution in [0.4, 0.5) is 18.9 Å². The number of halogens is 4. The van der Waals surface area contributed by atoms with Crippen molar-refractivity contribution in [2.24, 2.45) is 5.92 Å². The quantitative estimate of drug-likeness (QED) is 0.884. The average Bonchev–Trinajstić information content (AvgIpc) is 2.50. The Balaban J connectivity index is 1.86. The Morgan fingerprint density at radius 2 is 2.04 bits per heavy atom. The normalized spacial score (nSPS) is 16.4. The summed E-state index contributed by atoms with van der Waals surface area (Å²) in [6.07, 6.45) is 1.01. The average molecular weight is 373 g/mol. The molecule has 2 heterocycles. The summed E-state index contributed by atoms with van der Waals surface area (Å²) in [6.45, 7) is 2.02. The molecule has 3 rings (SSSR count). The first-order valence-electron chi connectivity index (χ1n) is 7.85. The van der Waals surface area contributed by atoms with Gasteiger partial charge in [0.1, 0.15) is 5.02 Å². The highest BCUT2D eigenvalue weighted by Gasteiger charge is 2.31. The lowest BCUT2D eigenvalue weighted by molar-refractivity contribution is -0.137. The highest BCUT2D eigenvalue weighted by atomic mass is 35.5. The summed E-state index contributed by atoms with van der Waals surface area (Å²) < 4.78 is 38.6. The Morgan fingerprint density at radius 1 is 1.32 bits per heavy atom. The predicted molar refractivity (Wildman–Crippen MR) is 88.1 cm³/mol. The van der Waals surface area contributed by atoms with Gasteiger partial charge in [-0.15, -0.1) is 0 Å². The number of nitrogens with one attached hydrogen (secondary N) is 1. The Labute approximate surface area is 146 Å². The van der Waals surface area contributed by atoms with E-state index in [0.29, 0.717) is 17.8 Å². The number of anilines is 1. The van der Waals surface area contributed by atoms with Crippen LogP contribution in [0.25, 0.3) is 5.82 Å². The van der Waals surface area contributed by atoms with Gasteiger partial charge in [-0.2, -0.15) is 23.0 Å². The number of aromatic nitrogens is 3. The third kappa shape index (κ3) is 3.63. The van der Waals surface area contributed by atoms with Gasteiger partial charge in [0.05, 0.1) is 17.4 Å². The summed E-state index contributed by atoms with van der Waals surface area (Å²) in [5.74, 6) is 0.508. The van der Waals surface area contributed by atoms with Gasteiger partial charge in [0.25, 0.3) is 5.56 Å². The second kappa shape index (κ2) is 6.67. The summed E-state index contributed by atoms with van der Waals surface area (Å²) in [5, 5.41) is 7.09. The maximum absolute atomic E-state index is 12.6. The fraction of sp³-hybridized carbons (Fsp3) is 0.438. The third-order valence-electron chi connectivity index (χ3n) is 4.45. The highest BCUT2D eigenvalue weighted by molar-refractivity contribution is 6.32. The largest absolute Gasteiger partial charge is 0.417 e. The Morgan fingerprint density at radius 3 is 2.56 bits per heavy atom. The van der Waals surface area contributed by atoms with Crippen molar-refractivity contribution in [3.8, 4) is 5.82 Å². The summed E-state index contributed by atoms with van der Waals surface area (Å²) in [6, 6.07) is 2.08. The molecular weight excluding hydrogens is 357 g/mol. The topological polar surface area (TPSA) is 59.8 Å². The van der Waals surface area contributed by atoms with Crippen molar-refractivity contribution in [3.63, 3.8) is 0 Å². The number of pyridine rings is 1. The van der Waals surface area contributed by atoms with Crippen molar-refractivity contribution in [2.75, 3.05) is 5.32 Å². The van der Waals surface area contributed by atoms with Crippen LogP contribution < -0.4 is 10.9 Å².